The highest BCUT2D eigenvalue weighted by Crippen LogP contribution is 2.27. The Bertz CT molecular complexity index is 1090. The number of rotatable bonds is 5. The van der Waals surface area contributed by atoms with Crippen molar-refractivity contribution in [3.63, 3.8) is 0 Å². The zero-order chi connectivity index (χ0) is 17.4. The first kappa shape index (κ1) is 16.4. The van der Waals surface area contributed by atoms with Crippen molar-refractivity contribution >= 4 is 44.3 Å². The molecule has 3 heterocycles. The lowest BCUT2D eigenvalue weighted by Gasteiger charge is -2.11. The van der Waals surface area contributed by atoms with Crippen molar-refractivity contribution in [1.82, 2.24) is 19.5 Å². The van der Waals surface area contributed by atoms with Gasteiger partial charge in [-0.15, -0.1) is 11.3 Å². The number of hydrogen-bond acceptors (Lipinski definition) is 5. The summed E-state index contributed by atoms with van der Waals surface area (Å²) < 4.78 is 2.94. The van der Waals surface area contributed by atoms with Crippen molar-refractivity contribution in [2.24, 2.45) is 5.92 Å². The fourth-order valence-corrected chi connectivity index (χ4v) is 4.45. The van der Waals surface area contributed by atoms with Crippen molar-refractivity contribution in [3.8, 4) is 0 Å². The monoisotopic (exact) mass is 370 g/mol. The second-order valence-electron chi connectivity index (χ2n) is 6.32. The molecule has 1 aromatic carbocycles. The van der Waals surface area contributed by atoms with Gasteiger partial charge in [0.1, 0.15) is 10.5 Å². The van der Waals surface area contributed by atoms with E-state index in [-0.39, 0.29) is 5.56 Å². The third kappa shape index (κ3) is 3.21. The van der Waals surface area contributed by atoms with Crippen molar-refractivity contribution in [2.45, 2.75) is 31.3 Å². The van der Waals surface area contributed by atoms with E-state index in [1.165, 1.54) is 11.3 Å². The van der Waals surface area contributed by atoms with Crippen LogP contribution in [-0.4, -0.2) is 19.5 Å². The van der Waals surface area contributed by atoms with E-state index in [1.54, 1.807) is 11.8 Å². The lowest BCUT2D eigenvalue weighted by Crippen LogP contribution is -2.10. The average Bonchev–Trinajstić information content (AvgIpc) is 3.18. The van der Waals surface area contributed by atoms with Crippen LogP contribution >= 0.6 is 23.1 Å². The number of para-hydroxylation sites is 2. The van der Waals surface area contributed by atoms with Gasteiger partial charge in [0.2, 0.25) is 0 Å². The smallest absolute Gasteiger partial charge is 0.268 e. The summed E-state index contributed by atoms with van der Waals surface area (Å²) >= 11 is 3.03. The Hall–Kier alpha value is -2.12. The van der Waals surface area contributed by atoms with Crippen LogP contribution in [0.2, 0.25) is 0 Å². The minimum Gasteiger partial charge on any atom is -0.319 e. The highest BCUT2D eigenvalue weighted by Gasteiger charge is 2.13. The molecule has 4 rings (SSSR count). The van der Waals surface area contributed by atoms with Crippen molar-refractivity contribution < 1.29 is 0 Å². The standard InChI is InChI=1S/C18H18N4OS2/c1-11(2)9-22-14-6-4-3-5-12(14)20-18(22)25-10-15-19-13-7-8-24-16(13)17(23)21-15/h3-8,11H,9-10H2,1-2H3,(H,19,21,23). The Kier molecular flexibility index (Phi) is 4.35. The molecule has 0 fully saturated rings. The molecule has 0 aliphatic heterocycles. The van der Waals surface area contributed by atoms with Crippen LogP contribution < -0.4 is 5.56 Å². The number of benzene rings is 1. The van der Waals surface area contributed by atoms with E-state index in [0.717, 1.165) is 28.3 Å². The number of nitrogens with zero attached hydrogens (tertiary/aromatic N) is 3. The van der Waals surface area contributed by atoms with E-state index in [4.69, 9.17) is 4.98 Å². The molecule has 0 aliphatic rings. The van der Waals surface area contributed by atoms with Crippen LogP contribution in [0.5, 0.6) is 0 Å². The molecule has 0 bridgehead atoms. The highest BCUT2D eigenvalue weighted by atomic mass is 32.2. The van der Waals surface area contributed by atoms with Gasteiger partial charge < -0.3 is 9.55 Å². The first-order valence-electron chi connectivity index (χ1n) is 8.16. The number of H-pyrrole nitrogens is 1. The molecule has 7 heteroatoms. The first-order chi connectivity index (χ1) is 12.1. The van der Waals surface area contributed by atoms with E-state index in [9.17, 15) is 4.79 Å². The Labute approximate surface area is 153 Å². The van der Waals surface area contributed by atoms with Gasteiger partial charge in [0, 0.05) is 6.54 Å². The van der Waals surface area contributed by atoms with E-state index < -0.39 is 0 Å². The van der Waals surface area contributed by atoms with Gasteiger partial charge in [-0.3, -0.25) is 4.79 Å². The van der Waals surface area contributed by atoms with Crippen molar-refractivity contribution in [1.29, 1.82) is 0 Å². The van der Waals surface area contributed by atoms with Crippen LogP contribution in [0, 0.1) is 5.92 Å². The van der Waals surface area contributed by atoms with Crippen LogP contribution in [0.15, 0.2) is 45.7 Å². The fourth-order valence-electron chi connectivity index (χ4n) is 2.83. The molecule has 128 valence electrons. The van der Waals surface area contributed by atoms with Crippen LogP contribution in [0.25, 0.3) is 21.3 Å². The molecule has 5 nitrogen and oxygen atoms in total. The molecule has 0 atom stereocenters. The molecule has 4 aromatic rings. The number of hydrogen-bond donors (Lipinski definition) is 1. The summed E-state index contributed by atoms with van der Waals surface area (Å²) in [5, 5.41) is 2.86. The molecular weight excluding hydrogens is 352 g/mol. The van der Waals surface area contributed by atoms with Gasteiger partial charge in [-0.05, 0) is 29.5 Å². The van der Waals surface area contributed by atoms with Crippen LogP contribution in [0.1, 0.15) is 19.7 Å². The predicted molar refractivity (Wildman–Crippen MR) is 104 cm³/mol. The molecule has 0 unspecified atom stereocenters. The largest absolute Gasteiger partial charge is 0.319 e. The summed E-state index contributed by atoms with van der Waals surface area (Å²) in [6.07, 6.45) is 0. The van der Waals surface area contributed by atoms with Gasteiger partial charge >= 0.3 is 0 Å². The SMILES string of the molecule is CC(C)Cn1c(SCc2nc3ccsc3c(=O)[nH]2)nc2ccccc21. The third-order valence-electron chi connectivity index (χ3n) is 3.87. The first-order valence-corrected chi connectivity index (χ1v) is 10.0. The zero-order valence-corrected chi connectivity index (χ0v) is 15.7. The number of aromatic nitrogens is 4. The van der Waals surface area contributed by atoms with Gasteiger partial charge in [0.15, 0.2) is 5.16 Å². The molecule has 25 heavy (non-hydrogen) atoms. The number of nitrogens with one attached hydrogen (secondary N) is 1. The van der Waals surface area contributed by atoms with Crippen molar-refractivity contribution in [3.05, 3.63) is 51.9 Å². The summed E-state index contributed by atoms with van der Waals surface area (Å²) in [7, 11) is 0. The molecule has 0 aliphatic carbocycles. The summed E-state index contributed by atoms with van der Waals surface area (Å²) in [4.78, 5) is 24.3. The number of thioether (sulfide) groups is 1. The maximum absolute atomic E-state index is 12.1. The topological polar surface area (TPSA) is 63.6 Å². The second-order valence-corrected chi connectivity index (χ2v) is 8.18. The Morgan fingerprint density at radius 1 is 1.20 bits per heavy atom. The van der Waals surface area contributed by atoms with Crippen LogP contribution in [0.3, 0.4) is 0 Å². The number of fused-ring (bicyclic) bond motifs is 2. The lowest BCUT2D eigenvalue weighted by molar-refractivity contribution is 0.505. The molecule has 1 N–H and O–H groups in total. The summed E-state index contributed by atoms with van der Waals surface area (Å²) in [6, 6.07) is 10.1. The fraction of sp³-hybridized carbons (Fsp3) is 0.278. The van der Waals surface area contributed by atoms with E-state index in [0.29, 0.717) is 22.2 Å². The Morgan fingerprint density at radius 2 is 2.04 bits per heavy atom. The number of aromatic amines is 1. The van der Waals surface area contributed by atoms with E-state index in [1.807, 2.05) is 29.6 Å². The van der Waals surface area contributed by atoms with Crippen LogP contribution in [-0.2, 0) is 12.3 Å². The normalized spacial score (nSPS) is 11.8. The van der Waals surface area contributed by atoms with Gasteiger partial charge in [-0.25, -0.2) is 9.97 Å². The highest BCUT2D eigenvalue weighted by molar-refractivity contribution is 7.98. The second kappa shape index (κ2) is 6.65. The molecular formula is C18H18N4OS2. The summed E-state index contributed by atoms with van der Waals surface area (Å²) in [5.74, 6) is 1.80. The Balaban J connectivity index is 1.66. The maximum Gasteiger partial charge on any atom is 0.268 e. The minimum atomic E-state index is -0.0636. The van der Waals surface area contributed by atoms with Gasteiger partial charge in [0.25, 0.3) is 5.56 Å². The number of imidazole rings is 1. The molecule has 0 saturated heterocycles. The summed E-state index contributed by atoms with van der Waals surface area (Å²) in [6.45, 7) is 5.32. The van der Waals surface area contributed by atoms with E-state index in [2.05, 4.69) is 34.4 Å². The van der Waals surface area contributed by atoms with Gasteiger partial charge in [-0.2, -0.15) is 0 Å². The average molecular weight is 371 g/mol. The molecule has 0 saturated carbocycles. The third-order valence-corrected chi connectivity index (χ3v) is 5.76. The molecule has 0 amide bonds. The van der Waals surface area contributed by atoms with Crippen LogP contribution in [0.4, 0.5) is 0 Å². The predicted octanol–water partition coefficient (Wildman–Crippen LogP) is 4.28. The maximum atomic E-state index is 12.1. The van der Waals surface area contributed by atoms with Gasteiger partial charge in [0.05, 0.1) is 22.3 Å². The number of thiophene rings is 1. The zero-order valence-electron chi connectivity index (χ0n) is 14.0. The quantitative estimate of drug-likeness (QED) is 0.533. The molecule has 3 aromatic heterocycles. The van der Waals surface area contributed by atoms with Crippen molar-refractivity contribution in [2.75, 3.05) is 0 Å². The Morgan fingerprint density at radius 3 is 2.88 bits per heavy atom. The molecule has 0 spiro atoms. The molecule has 0 radical (unpaired) electrons. The lowest BCUT2D eigenvalue weighted by atomic mass is 10.2. The van der Waals surface area contributed by atoms with Gasteiger partial charge in [-0.1, -0.05) is 37.7 Å². The summed E-state index contributed by atoms with van der Waals surface area (Å²) in [5.41, 5.74) is 2.85. The minimum absolute atomic E-state index is 0.0636. The van der Waals surface area contributed by atoms with E-state index >= 15 is 0 Å².